The number of carbonyl (C=O) groups is 2. The van der Waals surface area contributed by atoms with Crippen LogP contribution >= 0.6 is 11.6 Å². The van der Waals surface area contributed by atoms with Crippen LogP contribution in [0.5, 0.6) is 0 Å². The number of urea groups is 1. The number of benzene rings is 1. The number of carbonyl (C=O) groups excluding carboxylic acids is 1. The third-order valence-electron chi connectivity index (χ3n) is 2.50. The second-order valence-electron chi connectivity index (χ2n) is 4.52. The van der Waals surface area contributed by atoms with Gasteiger partial charge in [0.25, 0.3) is 0 Å². The minimum absolute atomic E-state index is 0.0193. The predicted octanol–water partition coefficient (Wildman–Crippen LogP) is 2.88. The number of aryl methyl sites for hydroxylation is 1. The molecule has 19 heavy (non-hydrogen) atoms. The van der Waals surface area contributed by atoms with Crippen molar-refractivity contribution < 1.29 is 14.7 Å². The van der Waals surface area contributed by atoms with Crippen molar-refractivity contribution in [2.24, 2.45) is 5.92 Å². The van der Waals surface area contributed by atoms with Gasteiger partial charge in [-0.2, -0.15) is 0 Å². The van der Waals surface area contributed by atoms with Crippen LogP contribution in [-0.4, -0.2) is 23.7 Å². The number of carboxylic acid groups (broad SMARTS) is 1. The highest BCUT2D eigenvalue weighted by atomic mass is 35.5. The Morgan fingerprint density at radius 2 is 2.11 bits per heavy atom. The average Bonchev–Trinajstić information content (AvgIpc) is 2.30. The zero-order chi connectivity index (χ0) is 14.4. The van der Waals surface area contributed by atoms with Crippen molar-refractivity contribution in [3.8, 4) is 0 Å². The Labute approximate surface area is 117 Å². The number of carboxylic acids is 1. The first-order valence-corrected chi connectivity index (χ1v) is 6.29. The Bertz CT molecular complexity index is 477. The van der Waals surface area contributed by atoms with Gasteiger partial charge in [0.1, 0.15) is 0 Å². The fraction of sp³-hybridized carbons (Fsp3) is 0.385. The number of aliphatic carboxylic acids is 1. The van der Waals surface area contributed by atoms with E-state index in [1.165, 1.54) is 0 Å². The predicted molar refractivity (Wildman–Crippen MR) is 74.6 cm³/mol. The Kier molecular flexibility index (Phi) is 5.63. The highest BCUT2D eigenvalue weighted by Crippen LogP contribution is 2.22. The topological polar surface area (TPSA) is 78.4 Å². The molecule has 0 saturated carbocycles. The molecule has 1 rings (SSSR count). The Balaban J connectivity index is 2.47. The number of amides is 2. The maximum Gasteiger partial charge on any atom is 0.319 e. The van der Waals surface area contributed by atoms with E-state index in [4.69, 9.17) is 16.7 Å². The largest absolute Gasteiger partial charge is 0.481 e. The van der Waals surface area contributed by atoms with Crippen LogP contribution in [0.4, 0.5) is 10.5 Å². The van der Waals surface area contributed by atoms with Gasteiger partial charge in [0, 0.05) is 13.0 Å². The molecule has 1 aromatic rings. The zero-order valence-corrected chi connectivity index (χ0v) is 11.6. The van der Waals surface area contributed by atoms with E-state index < -0.39 is 12.0 Å². The molecule has 1 aromatic carbocycles. The molecule has 0 aromatic heterocycles. The molecule has 104 valence electrons. The van der Waals surface area contributed by atoms with Crippen LogP contribution in [0.3, 0.4) is 0 Å². The van der Waals surface area contributed by atoms with Crippen LogP contribution in [0.1, 0.15) is 18.9 Å². The van der Waals surface area contributed by atoms with Crippen molar-refractivity contribution in [1.82, 2.24) is 5.32 Å². The SMILES string of the molecule is Cc1ccc(Cl)c(NC(=O)NCC(C)CC(=O)O)c1. The highest BCUT2D eigenvalue weighted by molar-refractivity contribution is 6.33. The molecule has 0 radical (unpaired) electrons. The van der Waals surface area contributed by atoms with E-state index in [-0.39, 0.29) is 12.3 Å². The number of hydrogen-bond donors (Lipinski definition) is 3. The first kappa shape index (κ1) is 15.3. The monoisotopic (exact) mass is 284 g/mol. The van der Waals surface area contributed by atoms with E-state index >= 15 is 0 Å². The van der Waals surface area contributed by atoms with Gasteiger partial charge in [-0.3, -0.25) is 4.79 Å². The summed E-state index contributed by atoms with van der Waals surface area (Å²) in [6, 6.07) is 4.92. The normalized spacial score (nSPS) is 11.7. The summed E-state index contributed by atoms with van der Waals surface area (Å²) in [6.45, 7) is 3.95. The molecule has 0 bridgehead atoms. The molecule has 2 amide bonds. The van der Waals surface area contributed by atoms with Gasteiger partial charge >= 0.3 is 12.0 Å². The Morgan fingerprint density at radius 1 is 1.42 bits per heavy atom. The van der Waals surface area contributed by atoms with E-state index in [1.807, 2.05) is 13.0 Å². The Morgan fingerprint density at radius 3 is 2.74 bits per heavy atom. The number of anilines is 1. The smallest absolute Gasteiger partial charge is 0.319 e. The van der Waals surface area contributed by atoms with Crippen molar-refractivity contribution in [2.45, 2.75) is 20.3 Å². The first-order valence-electron chi connectivity index (χ1n) is 5.91. The van der Waals surface area contributed by atoms with Gasteiger partial charge < -0.3 is 15.7 Å². The molecule has 0 aliphatic carbocycles. The lowest BCUT2D eigenvalue weighted by Gasteiger charge is -2.12. The van der Waals surface area contributed by atoms with Crippen LogP contribution in [0.25, 0.3) is 0 Å². The molecule has 6 heteroatoms. The Hall–Kier alpha value is -1.75. The molecule has 0 saturated heterocycles. The maximum atomic E-state index is 11.6. The first-order chi connectivity index (χ1) is 8.88. The van der Waals surface area contributed by atoms with E-state index in [1.54, 1.807) is 19.1 Å². The summed E-state index contributed by atoms with van der Waals surface area (Å²) in [4.78, 5) is 22.1. The number of hydrogen-bond acceptors (Lipinski definition) is 2. The summed E-state index contributed by atoms with van der Waals surface area (Å²) < 4.78 is 0. The molecule has 0 aliphatic rings. The maximum absolute atomic E-state index is 11.6. The lowest BCUT2D eigenvalue weighted by Crippen LogP contribution is -2.33. The summed E-state index contributed by atoms with van der Waals surface area (Å²) in [5.74, 6) is -1.01. The average molecular weight is 285 g/mol. The number of rotatable bonds is 5. The van der Waals surface area contributed by atoms with Crippen molar-refractivity contribution in [3.63, 3.8) is 0 Å². The molecule has 3 N–H and O–H groups in total. The van der Waals surface area contributed by atoms with E-state index in [0.717, 1.165) is 5.56 Å². The minimum Gasteiger partial charge on any atom is -0.481 e. The van der Waals surface area contributed by atoms with E-state index in [9.17, 15) is 9.59 Å². The van der Waals surface area contributed by atoms with Crippen molar-refractivity contribution in [3.05, 3.63) is 28.8 Å². The molecular formula is C13H17ClN2O3. The van der Waals surface area contributed by atoms with Crippen molar-refractivity contribution in [2.75, 3.05) is 11.9 Å². The molecule has 1 atom stereocenters. The molecule has 0 heterocycles. The summed E-state index contributed by atoms with van der Waals surface area (Å²) in [7, 11) is 0. The molecular weight excluding hydrogens is 268 g/mol. The molecule has 0 aliphatic heterocycles. The minimum atomic E-state index is -0.878. The van der Waals surface area contributed by atoms with Gasteiger partial charge in [-0.05, 0) is 30.5 Å². The summed E-state index contributed by atoms with van der Waals surface area (Å²) in [5.41, 5.74) is 1.52. The van der Waals surface area contributed by atoms with Crippen molar-refractivity contribution >= 4 is 29.3 Å². The zero-order valence-electron chi connectivity index (χ0n) is 10.9. The molecule has 0 fully saturated rings. The third-order valence-corrected chi connectivity index (χ3v) is 2.83. The molecule has 5 nitrogen and oxygen atoms in total. The van der Waals surface area contributed by atoms with Gasteiger partial charge in [0.15, 0.2) is 0 Å². The van der Waals surface area contributed by atoms with Crippen LogP contribution in [0, 0.1) is 12.8 Å². The lowest BCUT2D eigenvalue weighted by molar-refractivity contribution is -0.137. The number of halogens is 1. The van der Waals surface area contributed by atoms with E-state index in [2.05, 4.69) is 10.6 Å². The third kappa shape index (κ3) is 5.61. The fourth-order valence-electron chi connectivity index (χ4n) is 1.54. The van der Waals surface area contributed by atoms with Gasteiger partial charge in [0.05, 0.1) is 10.7 Å². The van der Waals surface area contributed by atoms with Gasteiger partial charge in [-0.25, -0.2) is 4.79 Å². The molecule has 1 unspecified atom stereocenters. The van der Waals surface area contributed by atoms with Crippen LogP contribution in [0.15, 0.2) is 18.2 Å². The molecule has 0 spiro atoms. The van der Waals surface area contributed by atoms with E-state index in [0.29, 0.717) is 17.3 Å². The van der Waals surface area contributed by atoms with Gasteiger partial charge in [-0.1, -0.05) is 24.6 Å². The second-order valence-corrected chi connectivity index (χ2v) is 4.93. The standard InChI is InChI=1S/C13H17ClN2O3/c1-8-3-4-10(14)11(5-8)16-13(19)15-7-9(2)6-12(17)18/h3-5,9H,6-7H2,1-2H3,(H,17,18)(H2,15,16,19). The summed E-state index contributed by atoms with van der Waals surface area (Å²) in [5, 5.41) is 14.3. The van der Waals surface area contributed by atoms with Gasteiger partial charge in [0.2, 0.25) is 0 Å². The fourth-order valence-corrected chi connectivity index (χ4v) is 1.70. The van der Waals surface area contributed by atoms with Crippen molar-refractivity contribution in [1.29, 1.82) is 0 Å². The van der Waals surface area contributed by atoms with Gasteiger partial charge in [-0.15, -0.1) is 0 Å². The summed E-state index contributed by atoms with van der Waals surface area (Å²) in [6.07, 6.45) is 0.0193. The van der Waals surface area contributed by atoms with Crippen LogP contribution in [-0.2, 0) is 4.79 Å². The van der Waals surface area contributed by atoms with Crippen LogP contribution < -0.4 is 10.6 Å². The lowest BCUT2D eigenvalue weighted by atomic mass is 10.1. The highest BCUT2D eigenvalue weighted by Gasteiger charge is 2.10. The second kappa shape index (κ2) is 6.99. The number of nitrogens with one attached hydrogen (secondary N) is 2. The summed E-state index contributed by atoms with van der Waals surface area (Å²) >= 11 is 5.95. The quantitative estimate of drug-likeness (QED) is 0.778. The van der Waals surface area contributed by atoms with Crippen LogP contribution in [0.2, 0.25) is 5.02 Å².